The molecule has 0 aliphatic heterocycles. The van der Waals surface area contributed by atoms with Crippen LogP contribution in [0, 0.1) is 17.8 Å². The minimum absolute atomic E-state index is 0.271. The van der Waals surface area contributed by atoms with Crippen LogP contribution in [0.2, 0.25) is 0 Å². The molecule has 0 aliphatic rings. The highest BCUT2D eigenvalue weighted by atomic mass is 16.5. The maximum Gasteiger partial charge on any atom is 0.155 e. The Labute approximate surface area is 113 Å². The summed E-state index contributed by atoms with van der Waals surface area (Å²) >= 11 is 0. The zero-order valence-electron chi connectivity index (χ0n) is 13.0. The monoisotopic (exact) mass is 254 g/mol. The third-order valence-corrected chi connectivity index (χ3v) is 3.62. The van der Waals surface area contributed by atoms with Crippen molar-refractivity contribution in [3.63, 3.8) is 0 Å². The number of carbonyl (C=O) groups excluding carboxylic acids is 1. The first kappa shape index (κ1) is 17.4. The molecule has 0 aromatic heterocycles. The fourth-order valence-corrected chi connectivity index (χ4v) is 2.08. The zero-order chi connectivity index (χ0) is 14.1. The summed E-state index contributed by atoms with van der Waals surface area (Å²) < 4.78 is 5.15. The van der Waals surface area contributed by atoms with E-state index in [0.29, 0.717) is 24.2 Å². The molecular formula is C16H30O2. The molecule has 2 unspecified atom stereocenters. The van der Waals surface area contributed by atoms with E-state index < -0.39 is 0 Å². The highest BCUT2D eigenvalue weighted by Gasteiger charge is 2.12. The molecule has 0 spiro atoms. The fourth-order valence-electron chi connectivity index (χ4n) is 2.08. The van der Waals surface area contributed by atoms with Crippen LogP contribution in [-0.2, 0) is 9.53 Å². The molecule has 0 fully saturated rings. The van der Waals surface area contributed by atoms with E-state index in [1.54, 1.807) is 7.11 Å². The smallest absolute Gasteiger partial charge is 0.155 e. The van der Waals surface area contributed by atoms with Gasteiger partial charge in [0.05, 0.1) is 0 Å². The Bertz CT molecular complexity index is 268. The van der Waals surface area contributed by atoms with Crippen molar-refractivity contribution in [2.24, 2.45) is 17.8 Å². The quantitative estimate of drug-likeness (QED) is 0.575. The van der Waals surface area contributed by atoms with Gasteiger partial charge in [-0.25, -0.2) is 0 Å². The molecule has 0 aliphatic carbocycles. The van der Waals surface area contributed by atoms with E-state index in [4.69, 9.17) is 4.74 Å². The van der Waals surface area contributed by atoms with Crippen molar-refractivity contribution in [3.8, 4) is 0 Å². The van der Waals surface area contributed by atoms with Crippen LogP contribution in [0.25, 0.3) is 0 Å². The van der Waals surface area contributed by atoms with Gasteiger partial charge in [-0.1, -0.05) is 39.7 Å². The lowest BCUT2D eigenvalue weighted by atomic mass is 9.90. The van der Waals surface area contributed by atoms with E-state index >= 15 is 0 Å². The lowest BCUT2D eigenvalue weighted by Gasteiger charge is -2.17. The number of ether oxygens (including phenoxy) is 1. The van der Waals surface area contributed by atoms with E-state index in [2.05, 4.69) is 34.6 Å². The van der Waals surface area contributed by atoms with Crippen LogP contribution in [-0.4, -0.2) is 19.5 Å². The molecule has 0 radical (unpaired) electrons. The number of hydrogen-bond donors (Lipinski definition) is 0. The molecule has 0 heterocycles. The van der Waals surface area contributed by atoms with E-state index in [1.807, 2.05) is 6.08 Å². The Morgan fingerprint density at radius 2 is 1.83 bits per heavy atom. The van der Waals surface area contributed by atoms with Crippen LogP contribution in [0.15, 0.2) is 11.6 Å². The van der Waals surface area contributed by atoms with Gasteiger partial charge in [-0.05, 0) is 37.2 Å². The Hall–Kier alpha value is -0.630. The first-order chi connectivity index (χ1) is 8.40. The second-order valence-corrected chi connectivity index (χ2v) is 5.77. The zero-order valence-corrected chi connectivity index (χ0v) is 13.0. The lowest BCUT2D eigenvalue weighted by Crippen LogP contribution is -2.11. The van der Waals surface area contributed by atoms with Gasteiger partial charge < -0.3 is 4.74 Å². The van der Waals surface area contributed by atoms with E-state index in [9.17, 15) is 4.79 Å². The molecule has 0 rings (SSSR count). The number of allylic oxidation sites excluding steroid dienone is 2. The molecule has 2 heteroatoms. The molecule has 0 amide bonds. The molecule has 0 aromatic carbocycles. The predicted octanol–water partition coefficient (Wildman–Crippen LogP) is 4.25. The first-order valence-corrected chi connectivity index (χ1v) is 7.10. The highest BCUT2D eigenvalue weighted by molar-refractivity contribution is 5.90. The normalized spacial score (nSPS) is 17.3. The van der Waals surface area contributed by atoms with Gasteiger partial charge in [0.15, 0.2) is 5.78 Å². The fraction of sp³-hybridized carbons (Fsp3) is 0.812. The van der Waals surface area contributed by atoms with E-state index in [-0.39, 0.29) is 5.78 Å². The third-order valence-electron chi connectivity index (χ3n) is 3.62. The number of carbonyl (C=O) groups is 1. The van der Waals surface area contributed by atoms with Crippen molar-refractivity contribution in [1.82, 2.24) is 0 Å². The molecule has 106 valence electrons. The maximum atomic E-state index is 11.8. The molecule has 0 aromatic rings. The van der Waals surface area contributed by atoms with Gasteiger partial charge in [0.2, 0.25) is 0 Å². The maximum absolute atomic E-state index is 11.8. The summed E-state index contributed by atoms with van der Waals surface area (Å²) in [7, 11) is 1.74. The Kier molecular flexibility index (Phi) is 8.99. The van der Waals surface area contributed by atoms with Gasteiger partial charge in [-0.15, -0.1) is 0 Å². The molecular weight excluding hydrogens is 224 g/mol. The lowest BCUT2D eigenvalue weighted by molar-refractivity contribution is -0.115. The molecule has 18 heavy (non-hydrogen) atoms. The molecule has 0 saturated carbocycles. The van der Waals surface area contributed by atoms with Crippen molar-refractivity contribution in [3.05, 3.63) is 11.6 Å². The third kappa shape index (κ3) is 7.65. The summed E-state index contributed by atoms with van der Waals surface area (Å²) in [6, 6.07) is 0. The van der Waals surface area contributed by atoms with Crippen molar-refractivity contribution in [2.75, 3.05) is 13.7 Å². The molecule has 2 nitrogen and oxygen atoms in total. The standard InChI is InChI=1S/C16H30O2/c1-7-12(2)9-16(17)10-15(5)14(4)8-13(3)11-18-6/h10,12-14H,7-9,11H2,1-6H3/b15-10+/t12?,13-,14?/m0/s1. The highest BCUT2D eigenvalue weighted by Crippen LogP contribution is 2.20. The summed E-state index contributed by atoms with van der Waals surface area (Å²) in [6.45, 7) is 11.5. The SMILES string of the molecule is CCC(C)CC(=O)/C=C(\C)C(C)C[C@H](C)COC. The number of rotatable bonds is 9. The van der Waals surface area contributed by atoms with Crippen LogP contribution in [0.4, 0.5) is 0 Å². The van der Waals surface area contributed by atoms with Gasteiger partial charge in [-0.3, -0.25) is 4.79 Å². The average Bonchev–Trinajstić information content (AvgIpc) is 2.28. The Balaban J connectivity index is 4.26. The first-order valence-electron chi connectivity index (χ1n) is 7.10. The summed E-state index contributed by atoms with van der Waals surface area (Å²) in [5.74, 6) is 1.76. The Morgan fingerprint density at radius 1 is 1.22 bits per heavy atom. The summed E-state index contributed by atoms with van der Waals surface area (Å²) in [6.07, 6.45) is 4.66. The minimum atomic E-state index is 0.271. The van der Waals surface area contributed by atoms with Crippen LogP contribution in [0.3, 0.4) is 0 Å². The van der Waals surface area contributed by atoms with Crippen molar-refractivity contribution in [1.29, 1.82) is 0 Å². The second-order valence-electron chi connectivity index (χ2n) is 5.77. The van der Waals surface area contributed by atoms with Gasteiger partial charge in [-0.2, -0.15) is 0 Å². The molecule has 0 saturated heterocycles. The summed E-state index contributed by atoms with van der Waals surface area (Å²) in [5.41, 5.74) is 1.20. The molecule has 0 N–H and O–H groups in total. The average molecular weight is 254 g/mol. The van der Waals surface area contributed by atoms with Gasteiger partial charge >= 0.3 is 0 Å². The topological polar surface area (TPSA) is 26.3 Å². The van der Waals surface area contributed by atoms with Crippen LogP contribution in [0.5, 0.6) is 0 Å². The molecule has 3 atom stereocenters. The largest absolute Gasteiger partial charge is 0.384 e. The molecule has 0 bridgehead atoms. The summed E-state index contributed by atoms with van der Waals surface area (Å²) in [4.78, 5) is 11.8. The van der Waals surface area contributed by atoms with Crippen molar-refractivity contribution < 1.29 is 9.53 Å². The van der Waals surface area contributed by atoms with Gasteiger partial charge in [0.1, 0.15) is 0 Å². The van der Waals surface area contributed by atoms with Gasteiger partial charge in [0, 0.05) is 20.1 Å². The van der Waals surface area contributed by atoms with Crippen molar-refractivity contribution in [2.45, 2.75) is 53.9 Å². The van der Waals surface area contributed by atoms with Gasteiger partial charge in [0.25, 0.3) is 0 Å². The summed E-state index contributed by atoms with van der Waals surface area (Å²) in [5, 5.41) is 0. The van der Waals surface area contributed by atoms with Crippen LogP contribution < -0.4 is 0 Å². The number of hydrogen-bond acceptors (Lipinski definition) is 2. The second kappa shape index (κ2) is 9.32. The number of methoxy groups -OCH3 is 1. The van der Waals surface area contributed by atoms with E-state index in [0.717, 1.165) is 19.4 Å². The Morgan fingerprint density at radius 3 is 2.33 bits per heavy atom. The van der Waals surface area contributed by atoms with E-state index in [1.165, 1.54) is 5.57 Å². The minimum Gasteiger partial charge on any atom is -0.384 e. The predicted molar refractivity (Wildman–Crippen MR) is 77.7 cm³/mol. The van der Waals surface area contributed by atoms with Crippen LogP contribution >= 0.6 is 0 Å². The van der Waals surface area contributed by atoms with Crippen LogP contribution in [0.1, 0.15) is 53.9 Å². The number of ketones is 1. The van der Waals surface area contributed by atoms with Crippen molar-refractivity contribution >= 4 is 5.78 Å².